The van der Waals surface area contributed by atoms with Crippen LogP contribution >= 0.6 is 15.9 Å². The zero-order chi connectivity index (χ0) is 20.1. The molecule has 6 nitrogen and oxygen atoms in total. The average molecular weight is 450 g/mol. The molecule has 0 aliphatic carbocycles. The number of fused-ring (bicyclic) bond motifs is 1. The Hall–Kier alpha value is -1.86. The molecule has 1 amide bonds. The number of carbonyl (C=O) groups excluding carboxylic acids is 1. The van der Waals surface area contributed by atoms with E-state index in [1.807, 2.05) is 49.8 Å². The zero-order valence-corrected chi connectivity index (χ0v) is 18.3. The lowest BCUT2D eigenvalue weighted by Crippen LogP contribution is -2.44. The second-order valence-electron chi connectivity index (χ2n) is 7.97. The van der Waals surface area contributed by atoms with E-state index >= 15 is 0 Å². The lowest BCUT2D eigenvalue weighted by atomic mass is 9.98. The van der Waals surface area contributed by atoms with Crippen LogP contribution in [0.4, 0.5) is 4.79 Å². The molecule has 1 unspecified atom stereocenters. The first-order valence-corrected chi connectivity index (χ1v) is 10.5. The number of amides is 1. The summed E-state index contributed by atoms with van der Waals surface area (Å²) in [5.74, 6) is 0. The van der Waals surface area contributed by atoms with Gasteiger partial charge in [-0.2, -0.15) is 5.10 Å². The van der Waals surface area contributed by atoms with E-state index in [4.69, 9.17) is 9.47 Å². The van der Waals surface area contributed by atoms with Crippen LogP contribution in [-0.2, 0) is 22.4 Å². The lowest BCUT2D eigenvalue weighted by molar-refractivity contribution is -0.0756. The number of ether oxygens (including phenoxy) is 2. The minimum absolute atomic E-state index is 0.326. The predicted molar refractivity (Wildman–Crippen MR) is 111 cm³/mol. The molecule has 0 radical (unpaired) electrons. The fraction of sp³-hybridized carbons (Fsp3) is 0.524. The second kappa shape index (κ2) is 9.09. The van der Waals surface area contributed by atoms with Crippen molar-refractivity contribution >= 4 is 22.0 Å². The van der Waals surface area contributed by atoms with E-state index in [-0.39, 0.29) is 6.09 Å². The predicted octanol–water partition coefficient (Wildman–Crippen LogP) is 4.93. The van der Waals surface area contributed by atoms with Gasteiger partial charge in [0.15, 0.2) is 6.23 Å². The number of benzene rings is 1. The first-order valence-electron chi connectivity index (χ1n) is 9.70. The number of hydrogen-bond acceptors (Lipinski definition) is 4. The number of aromatic nitrogens is 2. The van der Waals surface area contributed by atoms with Gasteiger partial charge in [-0.15, -0.1) is 0 Å². The Balaban J connectivity index is 1.61. The van der Waals surface area contributed by atoms with Gasteiger partial charge in [0.05, 0.1) is 10.7 Å². The number of hydrogen-bond donors (Lipinski definition) is 0. The molecule has 0 saturated carbocycles. The molecule has 0 bridgehead atoms. The van der Waals surface area contributed by atoms with E-state index in [0.717, 1.165) is 35.8 Å². The van der Waals surface area contributed by atoms with Crippen LogP contribution in [0.3, 0.4) is 0 Å². The summed E-state index contributed by atoms with van der Waals surface area (Å²) in [5, 5.41) is 4.26. The van der Waals surface area contributed by atoms with Crippen LogP contribution in [0.25, 0.3) is 0 Å². The van der Waals surface area contributed by atoms with Crippen molar-refractivity contribution in [3.05, 3.63) is 52.3 Å². The van der Waals surface area contributed by atoms with Gasteiger partial charge in [-0.05, 0) is 61.5 Å². The van der Waals surface area contributed by atoms with Gasteiger partial charge in [0, 0.05) is 31.5 Å². The molecule has 1 aliphatic heterocycles. The van der Waals surface area contributed by atoms with Crippen molar-refractivity contribution in [2.45, 2.75) is 58.4 Å². The highest BCUT2D eigenvalue weighted by Crippen LogP contribution is 2.32. The molecule has 1 atom stereocenters. The van der Waals surface area contributed by atoms with Crippen LogP contribution in [0, 0.1) is 0 Å². The van der Waals surface area contributed by atoms with E-state index in [2.05, 4.69) is 27.1 Å². The van der Waals surface area contributed by atoms with Gasteiger partial charge in [0.2, 0.25) is 0 Å². The van der Waals surface area contributed by atoms with E-state index in [0.29, 0.717) is 13.2 Å². The summed E-state index contributed by atoms with van der Waals surface area (Å²) in [6, 6.07) is 8.16. The van der Waals surface area contributed by atoms with Crippen LogP contribution in [0.5, 0.6) is 0 Å². The third kappa shape index (κ3) is 5.58. The van der Waals surface area contributed by atoms with Crippen molar-refractivity contribution in [3.63, 3.8) is 0 Å². The van der Waals surface area contributed by atoms with Crippen molar-refractivity contribution in [1.29, 1.82) is 0 Å². The van der Waals surface area contributed by atoms with Crippen molar-refractivity contribution in [2.75, 3.05) is 13.2 Å². The van der Waals surface area contributed by atoms with Gasteiger partial charge in [-0.3, -0.25) is 9.58 Å². The Kier molecular flexibility index (Phi) is 6.78. The first-order chi connectivity index (χ1) is 13.3. The number of nitrogens with zero attached hydrogens (tertiary/aromatic N) is 3. The maximum absolute atomic E-state index is 12.7. The van der Waals surface area contributed by atoms with Crippen LogP contribution in [0.15, 0.2) is 41.1 Å². The third-order valence-corrected chi connectivity index (χ3v) is 4.92. The van der Waals surface area contributed by atoms with E-state index in [1.54, 1.807) is 11.1 Å². The first kappa shape index (κ1) is 20.9. The Morgan fingerprint density at radius 2 is 2.07 bits per heavy atom. The summed E-state index contributed by atoms with van der Waals surface area (Å²) in [6.45, 7) is 7.65. The SMILES string of the molecule is CC(C)(C)OC(=O)N1CCc2ccccc2C1OCCCCn1cc(Br)cn1. The molecule has 28 heavy (non-hydrogen) atoms. The molecular formula is C21H28BrN3O3. The Morgan fingerprint density at radius 1 is 1.29 bits per heavy atom. The molecule has 1 aromatic heterocycles. The van der Waals surface area contributed by atoms with Crippen LogP contribution in [-0.4, -0.2) is 39.5 Å². The molecule has 0 spiro atoms. The molecule has 7 heteroatoms. The van der Waals surface area contributed by atoms with Crippen LogP contribution < -0.4 is 0 Å². The number of aryl methyl sites for hydroxylation is 1. The number of carbonyl (C=O) groups is 1. The molecule has 0 saturated heterocycles. The molecule has 1 aromatic carbocycles. The van der Waals surface area contributed by atoms with Gasteiger partial charge in [0.1, 0.15) is 5.60 Å². The normalized spacial score (nSPS) is 16.7. The summed E-state index contributed by atoms with van der Waals surface area (Å²) in [7, 11) is 0. The largest absolute Gasteiger partial charge is 0.444 e. The summed E-state index contributed by atoms with van der Waals surface area (Å²) in [4.78, 5) is 14.4. The summed E-state index contributed by atoms with van der Waals surface area (Å²) >= 11 is 3.41. The summed E-state index contributed by atoms with van der Waals surface area (Å²) in [5.41, 5.74) is 1.75. The Labute approximate surface area is 174 Å². The van der Waals surface area contributed by atoms with Gasteiger partial charge in [-0.25, -0.2) is 4.79 Å². The van der Waals surface area contributed by atoms with Crippen molar-refractivity contribution < 1.29 is 14.3 Å². The van der Waals surface area contributed by atoms with E-state index in [1.165, 1.54) is 5.56 Å². The highest BCUT2D eigenvalue weighted by atomic mass is 79.9. The average Bonchev–Trinajstić information content (AvgIpc) is 3.05. The quantitative estimate of drug-likeness (QED) is 0.586. The molecule has 2 heterocycles. The van der Waals surface area contributed by atoms with Gasteiger partial charge >= 0.3 is 6.09 Å². The third-order valence-electron chi connectivity index (χ3n) is 4.51. The molecule has 0 N–H and O–H groups in total. The van der Waals surface area contributed by atoms with Crippen LogP contribution in [0.1, 0.15) is 51.0 Å². The molecule has 3 rings (SSSR count). The highest BCUT2D eigenvalue weighted by molar-refractivity contribution is 9.10. The number of halogens is 1. The smallest absolute Gasteiger partial charge is 0.412 e. The topological polar surface area (TPSA) is 56.6 Å². The summed E-state index contributed by atoms with van der Waals surface area (Å²) in [6.07, 6.45) is 5.67. The van der Waals surface area contributed by atoms with Gasteiger partial charge in [-0.1, -0.05) is 24.3 Å². The highest BCUT2D eigenvalue weighted by Gasteiger charge is 2.34. The van der Waals surface area contributed by atoms with Crippen molar-refractivity contribution in [1.82, 2.24) is 14.7 Å². The Bertz CT molecular complexity index is 800. The number of unbranched alkanes of at least 4 members (excludes halogenated alkanes) is 1. The molecule has 1 aliphatic rings. The monoisotopic (exact) mass is 449 g/mol. The van der Waals surface area contributed by atoms with Gasteiger partial charge in [0.25, 0.3) is 0 Å². The zero-order valence-electron chi connectivity index (χ0n) is 16.7. The molecule has 0 fully saturated rings. The minimum atomic E-state index is -0.531. The summed E-state index contributed by atoms with van der Waals surface area (Å²) < 4.78 is 14.7. The Morgan fingerprint density at radius 3 is 2.79 bits per heavy atom. The maximum Gasteiger partial charge on any atom is 0.412 e. The maximum atomic E-state index is 12.7. The van der Waals surface area contributed by atoms with Crippen molar-refractivity contribution in [2.24, 2.45) is 0 Å². The molecule has 2 aromatic rings. The lowest BCUT2D eigenvalue weighted by Gasteiger charge is -2.37. The van der Waals surface area contributed by atoms with E-state index in [9.17, 15) is 4.79 Å². The number of rotatable bonds is 6. The van der Waals surface area contributed by atoms with Crippen molar-refractivity contribution in [3.8, 4) is 0 Å². The second-order valence-corrected chi connectivity index (χ2v) is 8.89. The molecule has 152 valence electrons. The standard InChI is InChI=1S/C21H28BrN3O3/c1-21(2,3)28-20(26)25-12-10-16-8-4-5-9-18(16)19(25)27-13-7-6-11-24-15-17(22)14-23-24/h4-5,8-9,14-15,19H,6-7,10-13H2,1-3H3. The fourth-order valence-electron chi connectivity index (χ4n) is 3.25. The minimum Gasteiger partial charge on any atom is -0.444 e. The molecular weight excluding hydrogens is 422 g/mol. The van der Waals surface area contributed by atoms with Crippen LogP contribution in [0.2, 0.25) is 0 Å². The van der Waals surface area contributed by atoms with Gasteiger partial charge < -0.3 is 9.47 Å². The fourth-order valence-corrected chi connectivity index (χ4v) is 3.58. The van der Waals surface area contributed by atoms with E-state index < -0.39 is 11.8 Å².